The van der Waals surface area contributed by atoms with Crippen LogP contribution in [0.2, 0.25) is 0 Å². The molecule has 0 bridgehead atoms. The highest BCUT2D eigenvalue weighted by molar-refractivity contribution is 5.45. The van der Waals surface area contributed by atoms with Crippen LogP contribution in [0, 0.1) is 11.3 Å². The first kappa shape index (κ1) is 16.9. The molecular weight excluding hydrogens is 286 g/mol. The molecule has 0 radical (unpaired) electrons. The number of nitriles is 1. The Bertz CT molecular complexity index is 701. The Hall–Kier alpha value is -2.47. The molecule has 23 heavy (non-hydrogen) atoms. The van der Waals surface area contributed by atoms with E-state index in [0.29, 0.717) is 12.3 Å². The summed E-state index contributed by atoms with van der Waals surface area (Å²) in [6.07, 6.45) is 0.596. The number of methoxy groups -OCH3 is 2. The summed E-state index contributed by atoms with van der Waals surface area (Å²) >= 11 is 0. The van der Waals surface area contributed by atoms with E-state index in [9.17, 15) is 5.26 Å². The maximum atomic E-state index is 9.71. The summed E-state index contributed by atoms with van der Waals surface area (Å²) < 4.78 is 10.9. The van der Waals surface area contributed by atoms with Crippen LogP contribution in [-0.4, -0.2) is 14.2 Å². The van der Waals surface area contributed by atoms with E-state index in [4.69, 9.17) is 9.47 Å². The SMILES string of the molecule is COc1ccccc1CC(C#N)c1cc(C(C)C)ccc1OC. The molecule has 3 nitrogen and oxygen atoms in total. The minimum atomic E-state index is -0.278. The fourth-order valence-corrected chi connectivity index (χ4v) is 2.70. The summed E-state index contributed by atoms with van der Waals surface area (Å²) in [5, 5.41) is 9.71. The molecular formula is C20H23NO2. The van der Waals surface area contributed by atoms with Gasteiger partial charge in [-0.05, 0) is 35.6 Å². The predicted octanol–water partition coefficient (Wildman–Crippen LogP) is 4.68. The highest BCUT2D eigenvalue weighted by Gasteiger charge is 2.19. The van der Waals surface area contributed by atoms with Gasteiger partial charge in [-0.3, -0.25) is 0 Å². The van der Waals surface area contributed by atoms with E-state index in [1.807, 2.05) is 30.3 Å². The van der Waals surface area contributed by atoms with E-state index >= 15 is 0 Å². The fraction of sp³-hybridized carbons (Fsp3) is 0.350. The summed E-state index contributed by atoms with van der Waals surface area (Å²) in [4.78, 5) is 0. The molecule has 0 aliphatic rings. The third kappa shape index (κ3) is 3.84. The number of ether oxygens (including phenoxy) is 2. The van der Waals surface area contributed by atoms with Gasteiger partial charge >= 0.3 is 0 Å². The molecule has 2 aromatic carbocycles. The fourth-order valence-electron chi connectivity index (χ4n) is 2.70. The van der Waals surface area contributed by atoms with Gasteiger partial charge in [-0.15, -0.1) is 0 Å². The third-order valence-electron chi connectivity index (χ3n) is 4.07. The first-order valence-corrected chi connectivity index (χ1v) is 7.80. The maximum Gasteiger partial charge on any atom is 0.123 e. The zero-order chi connectivity index (χ0) is 16.8. The minimum Gasteiger partial charge on any atom is -0.496 e. The van der Waals surface area contributed by atoms with Crippen LogP contribution < -0.4 is 9.47 Å². The van der Waals surface area contributed by atoms with Gasteiger partial charge in [0.05, 0.1) is 26.2 Å². The van der Waals surface area contributed by atoms with Gasteiger partial charge in [-0.25, -0.2) is 0 Å². The van der Waals surface area contributed by atoms with Gasteiger partial charge in [0.1, 0.15) is 11.5 Å². The second-order valence-corrected chi connectivity index (χ2v) is 5.85. The van der Waals surface area contributed by atoms with Crippen molar-refractivity contribution in [2.75, 3.05) is 14.2 Å². The molecule has 0 fully saturated rings. The van der Waals surface area contributed by atoms with Crippen molar-refractivity contribution in [3.8, 4) is 17.6 Å². The normalized spacial score (nSPS) is 11.8. The van der Waals surface area contributed by atoms with Crippen molar-refractivity contribution in [3.05, 3.63) is 59.2 Å². The molecule has 120 valence electrons. The average molecular weight is 309 g/mol. The molecule has 0 amide bonds. The van der Waals surface area contributed by atoms with Gasteiger partial charge in [0.15, 0.2) is 0 Å². The zero-order valence-corrected chi connectivity index (χ0v) is 14.2. The standard InChI is InChI=1S/C20H23NO2/c1-14(2)15-9-10-20(23-4)18(12-15)17(13-21)11-16-7-5-6-8-19(16)22-3/h5-10,12,14,17H,11H2,1-4H3. The highest BCUT2D eigenvalue weighted by atomic mass is 16.5. The zero-order valence-electron chi connectivity index (χ0n) is 14.2. The quantitative estimate of drug-likeness (QED) is 0.778. The van der Waals surface area contributed by atoms with Gasteiger partial charge in [0, 0.05) is 5.56 Å². The molecule has 0 spiro atoms. The largest absolute Gasteiger partial charge is 0.496 e. The van der Waals surface area contributed by atoms with E-state index in [1.54, 1.807) is 14.2 Å². The lowest BCUT2D eigenvalue weighted by Crippen LogP contribution is -2.05. The van der Waals surface area contributed by atoms with E-state index in [1.165, 1.54) is 5.56 Å². The van der Waals surface area contributed by atoms with Gasteiger partial charge < -0.3 is 9.47 Å². The van der Waals surface area contributed by atoms with Crippen LogP contribution in [0.1, 0.15) is 42.4 Å². The van der Waals surface area contributed by atoms with Crippen LogP contribution in [0.5, 0.6) is 11.5 Å². The topological polar surface area (TPSA) is 42.2 Å². The van der Waals surface area contributed by atoms with E-state index in [-0.39, 0.29) is 5.92 Å². The van der Waals surface area contributed by atoms with Crippen molar-refractivity contribution in [2.45, 2.75) is 32.1 Å². The molecule has 0 aromatic heterocycles. The molecule has 0 aliphatic carbocycles. The number of rotatable bonds is 6. The lowest BCUT2D eigenvalue weighted by atomic mass is 9.89. The van der Waals surface area contributed by atoms with Crippen molar-refractivity contribution >= 4 is 0 Å². The monoisotopic (exact) mass is 309 g/mol. The molecule has 0 saturated carbocycles. The van der Waals surface area contributed by atoms with Crippen molar-refractivity contribution in [1.29, 1.82) is 5.26 Å². The second-order valence-electron chi connectivity index (χ2n) is 5.85. The number of nitrogens with zero attached hydrogens (tertiary/aromatic N) is 1. The van der Waals surface area contributed by atoms with Crippen LogP contribution in [0.3, 0.4) is 0 Å². The highest BCUT2D eigenvalue weighted by Crippen LogP contribution is 2.33. The van der Waals surface area contributed by atoms with Crippen molar-refractivity contribution in [3.63, 3.8) is 0 Å². The molecule has 1 unspecified atom stereocenters. The number of para-hydroxylation sites is 1. The average Bonchev–Trinajstić information content (AvgIpc) is 2.59. The van der Waals surface area contributed by atoms with Crippen molar-refractivity contribution in [1.82, 2.24) is 0 Å². The summed E-state index contributed by atoms with van der Waals surface area (Å²) in [5.41, 5.74) is 3.17. The first-order valence-electron chi connectivity index (χ1n) is 7.80. The lowest BCUT2D eigenvalue weighted by molar-refractivity contribution is 0.404. The number of hydrogen-bond donors (Lipinski definition) is 0. The Morgan fingerprint density at radius 3 is 2.30 bits per heavy atom. The first-order chi connectivity index (χ1) is 11.1. The molecule has 1 atom stereocenters. The van der Waals surface area contributed by atoms with Crippen LogP contribution in [0.15, 0.2) is 42.5 Å². The maximum absolute atomic E-state index is 9.71. The van der Waals surface area contributed by atoms with Gasteiger partial charge in [0.25, 0.3) is 0 Å². The van der Waals surface area contributed by atoms with Crippen LogP contribution in [0.4, 0.5) is 0 Å². The summed E-state index contributed by atoms with van der Waals surface area (Å²) in [5.74, 6) is 1.70. The van der Waals surface area contributed by atoms with Crippen LogP contribution in [0.25, 0.3) is 0 Å². The van der Waals surface area contributed by atoms with Crippen LogP contribution >= 0.6 is 0 Å². The Morgan fingerprint density at radius 2 is 1.70 bits per heavy atom. The Labute approximate surface area is 138 Å². The number of benzene rings is 2. The molecule has 0 saturated heterocycles. The Morgan fingerprint density at radius 1 is 1.00 bits per heavy atom. The minimum absolute atomic E-state index is 0.278. The van der Waals surface area contributed by atoms with Crippen molar-refractivity contribution in [2.24, 2.45) is 0 Å². The predicted molar refractivity (Wildman–Crippen MR) is 92.1 cm³/mol. The van der Waals surface area contributed by atoms with E-state index in [2.05, 4.69) is 32.0 Å². The summed E-state index contributed by atoms with van der Waals surface area (Å²) in [6, 6.07) is 16.4. The van der Waals surface area contributed by atoms with Gasteiger partial charge in [-0.2, -0.15) is 5.26 Å². The Balaban J connectivity index is 2.41. The smallest absolute Gasteiger partial charge is 0.123 e. The van der Waals surface area contributed by atoms with Gasteiger partial charge in [-0.1, -0.05) is 44.2 Å². The summed E-state index contributed by atoms with van der Waals surface area (Å²) in [7, 11) is 3.30. The Kier molecular flexibility index (Phi) is 5.65. The van der Waals surface area contributed by atoms with Crippen molar-refractivity contribution < 1.29 is 9.47 Å². The second kappa shape index (κ2) is 7.69. The molecule has 0 aliphatic heterocycles. The molecule has 2 aromatic rings. The molecule has 2 rings (SSSR count). The molecule has 3 heteroatoms. The van der Waals surface area contributed by atoms with Crippen LogP contribution in [-0.2, 0) is 6.42 Å². The van der Waals surface area contributed by atoms with E-state index in [0.717, 1.165) is 22.6 Å². The summed E-state index contributed by atoms with van der Waals surface area (Å²) in [6.45, 7) is 4.29. The lowest BCUT2D eigenvalue weighted by Gasteiger charge is -2.17. The van der Waals surface area contributed by atoms with E-state index < -0.39 is 0 Å². The van der Waals surface area contributed by atoms with Gasteiger partial charge in [0.2, 0.25) is 0 Å². The third-order valence-corrected chi connectivity index (χ3v) is 4.07. The molecule has 0 heterocycles. The number of hydrogen-bond acceptors (Lipinski definition) is 3. The molecule has 0 N–H and O–H groups in total.